The van der Waals surface area contributed by atoms with Crippen molar-refractivity contribution in [1.29, 1.82) is 0 Å². The Balaban J connectivity index is 1.65. The van der Waals surface area contributed by atoms with Gasteiger partial charge in [0.05, 0.1) is 13.2 Å². The molecule has 4 heteroatoms. The molecule has 3 nitrogen and oxygen atoms in total. The third kappa shape index (κ3) is 3.34. The monoisotopic (exact) mass is 352 g/mol. The molecule has 1 aliphatic heterocycles. The van der Waals surface area contributed by atoms with Crippen molar-refractivity contribution in [2.24, 2.45) is 0 Å². The molecular weight excluding hydrogens is 327 g/mol. The van der Waals surface area contributed by atoms with Crippen LogP contribution < -0.4 is 4.74 Å². The summed E-state index contributed by atoms with van der Waals surface area (Å²) in [5.74, 6) is 0.707. The first kappa shape index (κ1) is 17.1. The normalized spacial score (nSPS) is 21.2. The molecule has 1 saturated heterocycles. The van der Waals surface area contributed by atoms with Gasteiger partial charge in [0.25, 0.3) is 0 Å². The summed E-state index contributed by atoms with van der Waals surface area (Å²) in [4.78, 5) is 6.07. The Hall–Kier alpha value is -2.33. The molecule has 4 rings (SSSR count). The van der Waals surface area contributed by atoms with Crippen molar-refractivity contribution in [2.75, 3.05) is 7.11 Å². The van der Waals surface area contributed by atoms with Gasteiger partial charge < -0.3 is 9.72 Å². The number of fused-ring (bicyclic) bond motifs is 1. The zero-order valence-corrected chi connectivity index (χ0v) is 15.3. The fourth-order valence-electron chi connectivity index (χ4n) is 4.13. The lowest BCUT2D eigenvalue weighted by molar-refractivity contribution is 0.0821. The molecule has 1 aliphatic rings. The third-order valence-corrected chi connectivity index (χ3v) is 5.53. The average Bonchev–Trinajstić information content (AvgIpc) is 3.06. The maximum Gasteiger partial charge on any atom is 0.123 e. The number of aromatic amines is 1. The summed E-state index contributed by atoms with van der Waals surface area (Å²) < 4.78 is 18.9. The Labute approximate surface area is 153 Å². The number of ether oxygens (including phenoxy) is 1. The van der Waals surface area contributed by atoms with Gasteiger partial charge in [-0.1, -0.05) is 12.1 Å². The lowest BCUT2D eigenvalue weighted by Gasteiger charge is -2.40. The van der Waals surface area contributed by atoms with Crippen molar-refractivity contribution in [2.45, 2.75) is 44.8 Å². The molecule has 1 N–H and O–H groups in total. The molecule has 0 bridgehead atoms. The van der Waals surface area contributed by atoms with Gasteiger partial charge in [-0.15, -0.1) is 0 Å². The van der Waals surface area contributed by atoms with E-state index >= 15 is 0 Å². The van der Waals surface area contributed by atoms with Crippen molar-refractivity contribution < 1.29 is 9.13 Å². The summed E-state index contributed by atoms with van der Waals surface area (Å²) in [5.41, 5.74) is 3.44. The number of methoxy groups -OCH3 is 1. The highest BCUT2D eigenvalue weighted by Crippen LogP contribution is 2.36. The minimum absolute atomic E-state index is 0.187. The maximum atomic E-state index is 13.5. The first-order chi connectivity index (χ1) is 12.6. The highest BCUT2D eigenvalue weighted by atomic mass is 19.1. The van der Waals surface area contributed by atoms with Crippen LogP contribution in [0.5, 0.6) is 5.75 Å². The molecular formula is C22H25FN2O. The highest BCUT2D eigenvalue weighted by molar-refractivity contribution is 5.80. The number of nitrogens with one attached hydrogen (secondary N) is 1. The largest absolute Gasteiger partial charge is 0.497 e. The van der Waals surface area contributed by atoms with Crippen LogP contribution in [-0.4, -0.2) is 23.0 Å². The fraction of sp³-hybridized carbons (Fsp3) is 0.364. The zero-order valence-electron chi connectivity index (χ0n) is 15.3. The number of nitrogens with zero attached hydrogens (tertiary/aromatic N) is 1. The van der Waals surface area contributed by atoms with Crippen LogP contribution >= 0.6 is 0 Å². The van der Waals surface area contributed by atoms with Gasteiger partial charge in [-0.2, -0.15) is 0 Å². The van der Waals surface area contributed by atoms with Crippen molar-refractivity contribution in [3.63, 3.8) is 0 Å². The van der Waals surface area contributed by atoms with E-state index in [4.69, 9.17) is 4.74 Å². The lowest BCUT2D eigenvalue weighted by Crippen LogP contribution is -2.39. The van der Waals surface area contributed by atoms with E-state index in [0.717, 1.165) is 29.6 Å². The molecule has 2 unspecified atom stereocenters. The molecule has 0 aliphatic carbocycles. The molecule has 136 valence electrons. The number of benzene rings is 2. The summed E-state index contributed by atoms with van der Waals surface area (Å²) in [6.07, 6.45) is 3.53. The van der Waals surface area contributed by atoms with Crippen LogP contribution in [0.4, 0.5) is 4.39 Å². The van der Waals surface area contributed by atoms with E-state index in [2.05, 4.69) is 35.0 Å². The Bertz CT molecular complexity index is 904. The summed E-state index contributed by atoms with van der Waals surface area (Å²) >= 11 is 0. The molecule has 0 spiro atoms. The summed E-state index contributed by atoms with van der Waals surface area (Å²) in [5, 5.41) is 0.944. The van der Waals surface area contributed by atoms with E-state index in [0.29, 0.717) is 12.1 Å². The van der Waals surface area contributed by atoms with Crippen LogP contribution in [0.25, 0.3) is 10.9 Å². The van der Waals surface area contributed by atoms with Crippen LogP contribution in [-0.2, 0) is 6.54 Å². The van der Waals surface area contributed by atoms with Crippen molar-refractivity contribution in [3.8, 4) is 5.75 Å². The SMILES string of the molecule is COc1cccc(CN2C(C)CCCC2c2cc3cc(F)ccc3[nH]2)c1. The molecule has 26 heavy (non-hydrogen) atoms. The first-order valence-corrected chi connectivity index (χ1v) is 9.31. The Morgan fingerprint density at radius 2 is 2.04 bits per heavy atom. The smallest absolute Gasteiger partial charge is 0.123 e. The van der Waals surface area contributed by atoms with E-state index in [1.807, 2.05) is 18.2 Å². The number of hydrogen-bond acceptors (Lipinski definition) is 2. The number of halogens is 1. The molecule has 0 saturated carbocycles. The summed E-state index contributed by atoms with van der Waals surface area (Å²) in [6, 6.07) is 16.2. The van der Waals surface area contributed by atoms with Gasteiger partial charge in [0.1, 0.15) is 11.6 Å². The van der Waals surface area contributed by atoms with Crippen molar-refractivity contribution in [1.82, 2.24) is 9.88 Å². The highest BCUT2D eigenvalue weighted by Gasteiger charge is 2.30. The molecule has 1 aromatic heterocycles. The Kier molecular flexibility index (Phi) is 4.68. The van der Waals surface area contributed by atoms with E-state index in [1.165, 1.54) is 30.2 Å². The van der Waals surface area contributed by atoms with E-state index < -0.39 is 0 Å². The molecule has 0 radical (unpaired) electrons. The summed E-state index contributed by atoms with van der Waals surface area (Å²) in [7, 11) is 1.70. The standard InChI is InChI=1S/C22H25FN2O/c1-15-5-3-8-22(21-13-17-12-18(23)9-10-20(17)24-21)25(15)14-16-6-4-7-19(11-16)26-2/h4,6-7,9-13,15,22,24H,3,5,8,14H2,1-2H3. The number of hydrogen-bond donors (Lipinski definition) is 1. The van der Waals surface area contributed by atoms with Crippen molar-refractivity contribution in [3.05, 3.63) is 65.6 Å². The van der Waals surface area contributed by atoms with Gasteiger partial charge in [-0.25, -0.2) is 4.39 Å². The van der Waals surface area contributed by atoms with Crippen LogP contribution in [0.1, 0.15) is 43.5 Å². The third-order valence-electron chi connectivity index (χ3n) is 5.53. The van der Waals surface area contributed by atoms with Crippen LogP contribution in [0.2, 0.25) is 0 Å². The predicted molar refractivity (Wildman–Crippen MR) is 103 cm³/mol. The van der Waals surface area contributed by atoms with Gasteiger partial charge in [-0.05, 0) is 68.1 Å². The topological polar surface area (TPSA) is 28.3 Å². The second-order valence-electron chi connectivity index (χ2n) is 7.28. The predicted octanol–water partition coefficient (Wildman–Crippen LogP) is 5.43. The Morgan fingerprint density at radius 3 is 2.88 bits per heavy atom. The van der Waals surface area contributed by atoms with Gasteiger partial charge in [0.2, 0.25) is 0 Å². The number of H-pyrrole nitrogens is 1. The number of rotatable bonds is 4. The van der Waals surface area contributed by atoms with E-state index in [-0.39, 0.29) is 5.82 Å². The second kappa shape index (κ2) is 7.12. The van der Waals surface area contributed by atoms with Gasteiger partial charge in [0.15, 0.2) is 0 Å². The van der Waals surface area contributed by atoms with Crippen molar-refractivity contribution >= 4 is 10.9 Å². The average molecular weight is 352 g/mol. The van der Waals surface area contributed by atoms with Crippen LogP contribution in [0.15, 0.2) is 48.5 Å². The fourth-order valence-corrected chi connectivity index (χ4v) is 4.13. The first-order valence-electron chi connectivity index (χ1n) is 9.31. The van der Waals surface area contributed by atoms with E-state index in [1.54, 1.807) is 13.2 Å². The van der Waals surface area contributed by atoms with Gasteiger partial charge in [-0.3, -0.25) is 4.90 Å². The molecule has 2 heterocycles. The minimum Gasteiger partial charge on any atom is -0.497 e. The molecule has 0 amide bonds. The molecule has 1 fully saturated rings. The summed E-state index contributed by atoms with van der Waals surface area (Å²) in [6.45, 7) is 3.18. The number of aromatic nitrogens is 1. The second-order valence-corrected chi connectivity index (χ2v) is 7.28. The van der Waals surface area contributed by atoms with Crippen LogP contribution in [0.3, 0.4) is 0 Å². The molecule has 3 aromatic rings. The number of piperidine rings is 1. The maximum absolute atomic E-state index is 13.5. The molecule has 2 aromatic carbocycles. The Morgan fingerprint density at radius 1 is 1.15 bits per heavy atom. The van der Waals surface area contributed by atoms with Gasteiger partial charge in [0, 0.05) is 29.2 Å². The number of likely N-dealkylation sites (tertiary alicyclic amines) is 1. The minimum atomic E-state index is -0.187. The lowest BCUT2D eigenvalue weighted by atomic mass is 9.93. The van der Waals surface area contributed by atoms with Crippen LogP contribution in [0, 0.1) is 5.82 Å². The molecule has 2 atom stereocenters. The quantitative estimate of drug-likeness (QED) is 0.678. The van der Waals surface area contributed by atoms with E-state index in [9.17, 15) is 4.39 Å². The zero-order chi connectivity index (χ0) is 18.1. The van der Waals surface area contributed by atoms with Gasteiger partial charge >= 0.3 is 0 Å².